The molecule has 0 saturated carbocycles. The minimum Gasteiger partial charge on any atom is -0.379 e. The molecule has 74 valence electrons. The number of benzene rings is 1. The molecule has 0 saturated heterocycles. The van der Waals surface area contributed by atoms with Crippen molar-refractivity contribution in [2.75, 3.05) is 5.73 Å². The maximum absolute atomic E-state index is 5.51. The highest BCUT2D eigenvalue weighted by atomic mass is 16.6. The van der Waals surface area contributed by atoms with Gasteiger partial charge in [-0.15, -0.1) is 0 Å². The van der Waals surface area contributed by atoms with Gasteiger partial charge in [-0.1, -0.05) is 44.2 Å². The normalized spacial score (nSPS) is 9.00. The average molecular weight is 191 g/mol. The van der Waals surface area contributed by atoms with Gasteiger partial charge in [0.25, 0.3) is 0 Å². The van der Waals surface area contributed by atoms with Crippen LogP contribution >= 0.6 is 0 Å². The first kappa shape index (κ1) is 10.2. The van der Waals surface area contributed by atoms with Gasteiger partial charge in [0.1, 0.15) is 0 Å². The van der Waals surface area contributed by atoms with Crippen molar-refractivity contribution in [1.29, 1.82) is 0 Å². The van der Waals surface area contributed by atoms with Crippen LogP contribution in [0.4, 0.5) is 5.82 Å². The molecule has 2 N–H and O–H groups in total. The van der Waals surface area contributed by atoms with Crippen LogP contribution in [0, 0.1) is 0 Å². The van der Waals surface area contributed by atoms with Crippen LogP contribution in [0.2, 0.25) is 0 Å². The van der Waals surface area contributed by atoms with Gasteiger partial charge in [0.2, 0.25) is 0 Å². The van der Waals surface area contributed by atoms with Crippen molar-refractivity contribution in [3.05, 3.63) is 30.3 Å². The fourth-order valence-corrected chi connectivity index (χ4v) is 0.992. The third-order valence-electron chi connectivity index (χ3n) is 1.56. The second-order valence-corrected chi connectivity index (χ2v) is 2.36. The van der Waals surface area contributed by atoms with Crippen LogP contribution in [0.15, 0.2) is 35.0 Å². The summed E-state index contributed by atoms with van der Waals surface area (Å²) >= 11 is 0. The summed E-state index contributed by atoms with van der Waals surface area (Å²) in [6.07, 6.45) is 0. The molecule has 1 aromatic carbocycles. The maximum atomic E-state index is 5.51. The van der Waals surface area contributed by atoms with Crippen LogP contribution < -0.4 is 5.73 Å². The first-order valence-corrected chi connectivity index (χ1v) is 4.51. The summed E-state index contributed by atoms with van der Waals surface area (Å²) in [5.74, 6) is 0.321. The van der Waals surface area contributed by atoms with Crippen molar-refractivity contribution in [1.82, 2.24) is 10.3 Å². The Labute approximate surface area is 82.7 Å². The summed E-state index contributed by atoms with van der Waals surface area (Å²) in [7, 11) is 0. The Bertz CT molecular complexity index is 370. The van der Waals surface area contributed by atoms with E-state index in [4.69, 9.17) is 5.73 Å². The molecule has 1 heterocycles. The topological polar surface area (TPSA) is 64.9 Å². The van der Waals surface area contributed by atoms with E-state index in [0.717, 1.165) is 5.56 Å². The van der Waals surface area contributed by atoms with E-state index in [0.29, 0.717) is 11.5 Å². The van der Waals surface area contributed by atoms with E-state index in [1.165, 1.54) is 0 Å². The van der Waals surface area contributed by atoms with Crippen LogP contribution in [0.25, 0.3) is 11.3 Å². The van der Waals surface area contributed by atoms with Gasteiger partial charge in [0.05, 0.1) is 0 Å². The lowest BCUT2D eigenvalue weighted by molar-refractivity contribution is 0.310. The third kappa shape index (κ3) is 2.10. The molecule has 0 spiro atoms. The van der Waals surface area contributed by atoms with Gasteiger partial charge < -0.3 is 5.73 Å². The monoisotopic (exact) mass is 191 g/mol. The Hall–Kier alpha value is -1.84. The molecule has 0 aliphatic rings. The molecule has 2 rings (SSSR count). The van der Waals surface area contributed by atoms with Gasteiger partial charge in [-0.3, -0.25) is 0 Å². The van der Waals surface area contributed by atoms with Gasteiger partial charge in [-0.2, -0.15) is 0 Å². The van der Waals surface area contributed by atoms with Crippen molar-refractivity contribution in [2.24, 2.45) is 0 Å². The first-order chi connectivity index (χ1) is 6.88. The van der Waals surface area contributed by atoms with Crippen LogP contribution in [-0.2, 0) is 0 Å². The van der Waals surface area contributed by atoms with E-state index in [-0.39, 0.29) is 0 Å². The minimum absolute atomic E-state index is 0.321. The molecule has 0 atom stereocenters. The molecule has 0 amide bonds. The number of nitrogens with two attached hydrogens (primary N) is 1. The van der Waals surface area contributed by atoms with Gasteiger partial charge in [-0.25, -0.2) is 4.63 Å². The lowest BCUT2D eigenvalue weighted by Crippen LogP contribution is -1.87. The quantitative estimate of drug-likeness (QED) is 0.751. The number of anilines is 1. The predicted octanol–water partition coefficient (Wildman–Crippen LogP) is 2.34. The summed E-state index contributed by atoms with van der Waals surface area (Å²) in [5, 5.41) is 7.16. The number of nitrogens with zero attached hydrogens (tertiary/aromatic N) is 2. The number of aromatic nitrogens is 2. The van der Waals surface area contributed by atoms with E-state index in [9.17, 15) is 0 Å². The number of hydrogen-bond acceptors (Lipinski definition) is 4. The minimum atomic E-state index is 0.321. The molecule has 14 heavy (non-hydrogen) atoms. The second-order valence-electron chi connectivity index (χ2n) is 2.36. The van der Waals surface area contributed by atoms with Crippen molar-refractivity contribution >= 4 is 5.82 Å². The Kier molecular flexibility index (Phi) is 3.67. The molecule has 0 radical (unpaired) electrons. The van der Waals surface area contributed by atoms with Crippen molar-refractivity contribution in [3.8, 4) is 11.3 Å². The molecule has 1 aromatic heterocycles. The molecule has 0 aliphatic heterocycles. The summed E-state index contributed by atoms with van der Waals surface area (Å²) in [6, 6.07) is 9.53. The van der Waals surface area contributed by atoms with Crippen LogP contribution in [-0.4, -0.2) is 10.3 Å². The summed E-state index contributed by atoms with van der Waals surface area (Å²) in [6.45, 7) is 4.00. The number of hydrogen-bond donors (Lipinski definition) is 1. The first-order valence-electron chi connectivity index (χ1n) is 4.51. The SMILES string of the molecule is CC.Nc1nonc1-c1ccccc1. The third-order valence-corrected chi connectivity index (χ3v) is 1.56. The highest BCUT2D eigenvalue weighted by molar-refractivity contribution is 5.68. The smallest absolute Gasteiger partial charge is 0.196 e. The molecule has 0 fully saturated rings. The van der Waals surface area contributed by atoms with E-state index in [2.05, 4.69) is 14.9 Å². The fourth-order valence-electron chi connectivity index (χ4n) is 0.992. The summed E-state index contributed by atoms with van der Waals surface area (Å²) in [4.78, 5) is 0. The summed E-state index contributed by atoms with van der Waals surface area (Å²) in [5.41, 5.74) is 7.01. The van der Waals surface area contributed by atoms with Crippen LogP contribution in [0.5, 0.6) is 0 Å². The van der Waals surface area contributed by atoms with Crippen molar-refractivity contribution < 1.29 is 4.63 Å². The molecular formula is C10H13N3O. The predicted molar refractivity (Wildman–Crippen MR) is 55.5 cm³/mol. The van der Waals surface area contributed by atoms with Crippen molar-refractivity contribution in [2.45, 2.75) is 13.8 Å². The van der Waals surface area contributed by atoms with E-state index in [1.54, 1.807) is 0 Å². The molecular weight excluding hydrogens is 178 g/mol. The van der Waals surface area contributed by atoms with E-state index >= 15 is 0 Å². The largest absolute Gasteiger partial charge is 0.379 e. The molecule has 0 aliphatic carbocycles. The van der Waals surface area contributed by atoms with Gasteiger partial charge >= 0.3 is 0 Å². The average Bonchev–Trinajstić information content (AvgIpc) is 2.69. The number of rotatable bonds is 1. The zero-order valence-corrected chi connectivity index (χ0v) is 8.27. The standard InChI is InChI=1S/C8H7N3O.C2H6/c9-8-7(10-12-11-8)6-4-2-1-3-5-6;1-2/h1-5H,(H2,9,11);1-2H3. The highest BCUT2D eigenvalue weighted by Gasteiger charge is 2.06. The Morgan fingerprint density at radius 1 is 1.07 bits per heavy atom. The maximum Gasteiger partial charge on any atom is 0.196 e. The highest BCUT2D eigenvalue weighted by Crippen LogP contribution is 2.20. The van der Waals surface area contributed by atoms with Gasteiger partial charge in [0, 0.05) is 5.56 Å². The van der Waals surface area contributed by atoms with Gasteiger partial charge in [0.15, 0.2) is 11.5 Å². The van der Waals surface area contributed by atoms with E-state index < -0.39 is 0 Å². The van der Waals surface area contributed by atoms with Crippen LogP contribution in [0.1, 0.15) is 13.8 Å². The van der Waals surface area contributed by atoms with Gasteiger partial charge in [-0.05, 0) is 10.3 Å². The molecule has 4 heteroatoms. The molecule has 2 aromatic rings. The zero-order chi connectivity index (χ0) is 10.4. The molecule has 0 bridgehead atoms. The number of nitrogen functional groups attached to an aromatic ring is 1. The Balaban J connectivity index is 0.000000461. The lowest BCUT2D eigenvalue weighted by atomic mass is 10.2. The van der Waals surface area contributed by atoms with Crippen LogP contribution in [0.3, 0.4) is 0 Å². The summed E-state index contributed by atoms with van der Waals surface area (Å²) < 4.78 is 4.47. The Morgan fingerprint density at radius 3 is 2.21 bits per heavy atom. The Morgan fingerprint density at radius 2 is 1.71 bits per heavy atom. The fraction of sp³-hybridized carbons (Fsp3) is 0.200. The zero-order valence-electron chi connectivity index (χ0n) is 8.27. The molecule has 4 nitrogen and oxygen atoms in total. The lowest BCUT2D eigenvalue weighted by Gasteiger charge is -1.92. The molecule has 0 unspecified atom stereocenters. The van der Waals surface area contributed by atoms with E-state index in [1.807, 2.05) is 44.2 Å². The van der Waals surface area contributed by atoms with Crippen molar-refractivity contribution in [3.63, 3.8) is 0 Å². The second kappa shape index (κ2) is 5.01.